The average molecular weight is 243 g/mol. The van der Waals surface area contributed by atoms with E-state index < -0.39 is 6.03 Å². The summed E-state index contributed by atoms with van der Waals surface area (Å²) in [7, 11) is 0. The van der Waals surface area contributed by atoms with Crippen LogP contribution in [-0.2, 0) is 0 Å². The third-order valence-corrected chi connectivity index (χ3v) is 2.20. The number of benzene rings is 2. The second kappa shape index (κ2) is 5.70. The zero-order chi connectivity index (χ0) is 12.8. The number of nitrogens with one attached hydrogen (secondary N) is 2. The van der Waals surface area contributed by atoms with Crippen LogP contribution in [0.1, 0.15) is 0 Å². The number of hydrogen-bond acceptors (Lipinski definition) is 3. The first-order valence-corrected chi connectivity index (χ1v) is 5.38. The van der Waals surface area contributed by atoms with E-state index in [4.69, 9.17) is 10.6 Å². The molecule has 2 aromatic carbocycles. The van der Waals surface area contributed by atoms with Crippen LogP contribution in [0, 0.1) is 0 Å². The molecule has 0 saturated heterocycles. The van der Waals surface area contributed by atoms with Crippen molar-refractivity contribution in [1.29, 1.82) is 0 Å². The van der Waals surface area contributed by atoms with Gasteiger partial charge in [-0.25, -0.2) is 10.6 Å². The molecule has 0 heterocycles. The summed E-state index contributed by atoms with van der Waals surface area (Å²) in [6, 6.07) is 16.0. The maximum atomic E-state index is 11.1. The van der Waals surface area contributed by atoms with Gasteiger partial charge in [-0.15, -0.1) is 0 Å². The Kier molecular flexibility index (Phi) is 3.78. The molecule has 4 N–H and O–H groups in total. The lowest BCUT2D eigenvalue weighted by Gasteiger charge is -2.08. The first-order chi connectivity index (χ1) is 8.78. The standard InChI is InChI=1S/C13H13N3O2/c14-16-13(17)15-10-5-4-8-12(9-10)18-11-6-2-1-3-7-11/h1-9H,14H2,(H2,15,16,17). The first kappa shape index (κ1) is 11.9. The third-order valence-electron chi connectivity index (χ3n) is 2.20. The van der Waals surface area contributed by atoms with Crippen molar-refractivity contribution in [3.8, 4) is 11.5 Å². The fourth-order valence-electron chi connectivity index (χ4n) is 1.43. The molecule has 0 aliphatic rings. The number of nitrogens with two attached hydrogens (primary N) is 1. The highest BCUT2D eigenvalue weighted by Gasteiger charge is 2.01. The summed E-state index contributed by atoms with van der Waals surface area (Å²) >= 11 is 0. The average Bonchev–Trinajstić information content (AvgIpc) is 2.40. The Hall–Kier alpha value is -2.53. The number of hydrazine groups is 1. The number of ether oxygens (including phenoxy) is 1. The number of rotatable bonds is 3. The Morgan fingerprint density at radius 1 is 1.00 bits per heavy atom. The van der Waals surface area contributed by atoms with Crippen LogP contribution in [0.2, 0.25) is 0 Å². The SMILES string of the molecule is NNC(=O)Nc1cccc(Oc2ccccc2)c1. The lowest BCUT2D eigenvalue weighted by Crippen LogP contribution is -2.34. The Balaban J connectivity index is 2.10. The minimum Gasteiger partial charge on any atom is -0.457 e. The Morgan fingerprint density at radius 2 is 1.72 bits per heavy atom. The summed E-state index contributed by atoms with van der Waals surface area (Å²) in [4.78, 5) is 11.1. The molecule has 0 radical (unpaired) electrons. The van der Waals surface area contributed by atoms with Gasteiger partial charge in [-0.1, -0.05) is 24.3 Å². The summed E-state index contributed by atoms with van der Waals surface area (Å²) in [5.74, 6) is 6.36. The number of carbonyl (C=O) groups excluding carboxylic acids is 1. The van der Waals surface area contributed by atoms with Crippen LogP contribution in [0.5, 0.6) is 11.5 Å². The number of urea groups is 1. The van der Waals surface area contributed by atoms with E-state index in [1.165, 1.54) is 0 Å². The molecule has 0 aliphatic carbocycles. The van der Waals surface area contributed by atoms with Crippen LogP contribution < -0.4 is 21.3 Å². The van der Waals surface area contributed by atoms with Crippen LogP contribution >= 0.6 is 0 Å². The van der Waals surface area contributed by atoms with Crippen molar-refractivity contribution >= 4 is 11.7 Å². The molecule has 18 heavy (non-hydrogen) atoms. The van der Waals surface area contributed by atoms with Gasteiger partial charge in [0.2, 0.25) is 0 Å². The lowest BCUT2D eigenvalue weighted by molar-refractivity contribution is 0.252. The van der Waals surface area contributed by atoms with Gasteiger partial charge in [0.15, 0.2) is 0 Å². The Bertz CT molecular complexity index is 529. The molecule has 0 fully saturated rings. The molecule has 0 atom stereocenters. The molecule has 0 spiro atoms. The van der Waals surface area contributed by atoms with Crippen molar-refractivity contribution in [2.45, 2.75) is 0 Å². The van der Waals surface area contributed by atoms with E-state index in [2.05, 4.69) is 5.32 Å². The van der Waals surface area contributed by atoms with Crippen molar-refractivity contribution in [2.24, 2.45) is 5.84 Å². The van der Waals surface area contributed by atoms with E-state index in [-0.39, 0.29) is 0 Å². The fraction of sp³-hybridized carbons (Fsp3) is 0. The van der Waals surface area contributed by atoms with Crippen LogP contribution in [0.25, 0.3) is 0 Å². The molecule has 92 valence electrons. The molecule has 2 aromatic rings. The second-order valence-electron chi connectivity index (χ2n) is 3.54. The highest BCUT2D eigenvalue weighted by atomic mass is 16.5. The van der Waals surface area contributed by atoms with E-state index in [1.54, 1.807) is 24.3 Å². The van der Waals surface area contributed by atoms with Gasteiger partial charge in [-0.3, -0.25) is 5.43 Å². The van der Waals surface area contributed by atoms with Crippen molar-refractivity contribution in [3.63, 3.8) is 0 Å². The summed E-state index contributed by atoms with van der Waals surface area (Å²) < 4.78 is 5.63. The third kappa shape index (κ3) is 3.23. The smallest absolute Gasteiger partial charge is 0.333 e. The van der Waals surface area contributed by atoms with Crippen molar-refractivity contribution < 1.29 is 9.53 Å². The maximum Gasteiger partial charge on any atom is 0.333 e. The molecule has 5 heteroatoms. The normalized spacial score (nSPS) is 9.61. The number of para-hydroxylation sites is 1. The largest absolute Gasteiger partial charge is 0.457 e. The van der Waals surface area contributed by atoms with Gasteiger partial charge in [0.05, 0.1) is 0 Å². The van der Waals surface area contributed by atoms with Crippen LogP contribution in [-0.4, -0.2) is 6.03 Å². The Labute approximate surface area is 105 Å². The van der Waals surface area contributed by atoms with Crippen LogP contribution in [0.4, 0.5) is 10.5 Å². The second-order valence-corrected chi connectivity index (χ2v) is 3.54. The van der Waals surface area contributed by atoms with E-state index in [0.717, 1.165) is 5.75 Å². The van der Waals surface area contributed by atoms with Gasteiger partial charge in [0.25, 0.3) is 0 Å². The molecule has 0 aromatic heterocycles. The van der Waals surface area contributed by atoms with Gasteiger partial charge in [-0.2, -0.15) is 0 Å². The predicted octanol–water partition coefficient (Wildman–Crippen LogP) is 2.47. The number of anilines is 1. The molecular weight excluding hydrogens is 230 g/mol. The lowest BCUT2D eigenvalue weighted by atomic mass is 10.3. The van der Waals surface area contributed by atoms with Gasteiger partial charge in [0, 0.05) is 11.8 Å². The van der Waals surface area contributed by atoms with Crippen LogP contribution in [0.15, 0.2) is 54.6 Å². The minimum atomic E-state index is -0.480. The van der Waals surface area contributed by atoms with E-state index >= 15 is 0 Å². The summed E-state index contributed by atoms with van der Waals surface area (Å²) in [5, 5.41) is 2.56. The first-order valence-electron chi connectivity index (χ1n) is 5.38. The zero-order valence-corrected chi connectivity index (χ0v) is 9.59. The zero-order valence-electron chi connectivity index (χ0n) is 9.59. The molecular formula is C13H13N3O2. The van der Waals surface area contributed by atoms with Gasteiger partial charge in [-0.05, 0) is 24.3 Å². The van der Waals surface area contributed by atoms with Gasteiger partial charge >= 0.3 is 6.03 Å². The minimum absolute atomic E-state index is 0.480. The quantitative estimate of drug-likeness (QED) is 0.440. The molecule has 0 saturated carbocycles. The molecule has 2 rings (SSSR count). The number of amides is 2. The highest BCUT2D eigenvalue weighted by Crippen LogP contribution is 2.23. The van der Waals surface area contributed by atoms with Crippen molar-refractivity contribution in [1.82, 2.24) is 5.43 Å². The van der Waals surface area contributed by atoms with Crippen molar-refractivity contribution in [3.05, 3.63) is 54.6 Å². The molecule has 0 aliphatic heterocycles. The van der Waals surface area contributed by atoms with Crippen molar-refractivity contribution in [2.75, 3.05) is 5.32 Å². The number of carbonyl (C=O) groups is 1. The van der Waals surface area contributed by atoms with Gasteiger partial charge in [0.1, 0.15) is 11.5 Å². The highest BCUT2D eigenvalue weighted by molar-refractivity contribution is 5.88. The predicted molar refractivity (Wildman–Crippen MR) is 69.3 cm³/mol. The molecule has 2 amide bonds. The maximum absolute atomic E-state index is 11.1. The molecule has 5 nitrogen and oxygen atoms in total. The van der Waals surface area contributed by atoms with E-state index in [0.29, 0.717) is 11.4 Å². The van der Waals surface area contributed by atoms with Gasteiger partial charge < -0.3 is 10.1 Å². The van der Waals surface area contributed by atoms with Crippen LogP contribution in [0.3, 0.4) is 0 Å². The monoisotopic (exact) mass is 243 g/mol. The molecule has 0 bridgehead atoms. The number of hydrogen-bond donors (Lipinski definition) is 3. The topological polar surface area (TPSA) is 76.4 Å². The Morgan fingerprint density at radius 3 is 2.44 bits per heavy atom. The summed E-state index contributed by atoms with van der Waals surface area (Å²) in [6.45, 7) is 0. The van der Waals surface area contributed by atoms with E-state index in [1.807, 2.05) is 35.8 Å². The fourth-order valence-corrected chi connectivity index (χ4v) is 1.43. The van der Waals surface area contributed by atoms with E-state index in [9.17, 15) is 4.79 Å². The summed E-state index contributed by atoms with van der Waals surface area (Å²) in [6.07, 6.45) is 0. The molecule has 0 unspecified atom stereocenters. The summed E-state index contributed by atoms with van der Waals surface area (Å²) in [5.41, 5.74) is 2.59.